The van der Waals surface area contributed by atoms with E-state index in [0.29, 0.717) is 13.1 Å². The average molecular weight is 340 g/mol. The van der Waals surface area contributed by atoms with E-state index in [1.54, 1.807) is 11.8 Å². The Morgan fingerprint density at radius 3 is 2.78 bits per heavy atom. The van der Waals surface area contributed by atoms with E-state index in [1.807, 2.05) is 11.8 Å². The summed E-state index contributed by atoms with van der Waals surface area (Å²) in [5.41, 5.74) is 0. The van der Waals surface area contributed by atoms with Gasteiger partial charge in [0.1, 0.15) is 0 Å². The van der Waals surface area contributed by atoms with Crippen LogP contribution in [0.3, 0.4) is 0 Å². The van der Waals surface area contributed by atoms with E-state index < -0.39 is 0 Å². The normalized spacial score (nSPS) is 17.2. The Hall–Kier alpha value is -1.19. The Bertz CT molecular complexity index is 423. The molecule has 130 valence electrons. The number of carbonyl (C=O) groups excluding carboxylic acids is 2. The number of nitrogens with one attached hydrogen (secondary N) is 1. The van der Waals surface area contributed by atoms with Crippen LogP contribution in [0, 0.1) is 12.3 Å². The largest absolute Gasteiger partial charge is 0.344 e. The van der Waals surface area contributed by atoms with Crippen LogP contribution in [0.1, 0.15) is 33.1 Å². The van der Waals surface area contributed by atoms with Gasteiger partial charge in [-0.2, -0.15) is 0 Å². The molecular weight excluding hydrogens is 310 g/mol. The van der Waals surface area contributed by atoms with Gasteiger partial charge in [-0.3, -0.25) is 14.5 Å². The summed E-state index contributed by atoms with van der Waals surface area (Å²) in [7, 11) is 0. The van der Waals surface area contributed by atoms with E-state index in [-0.39, 0.29) is 23.6 Å². The maximum Gasteiger partial charge on any atom is 0.235 e. The van der Waals surface area contributed by atoms with Gasteiger partial charge in [-0.15, -0.1) is 18.2 Å². The van der Waals surface area contributed by atoms with E-state index in [2.05, 4.69) is 23.1 Å². The Kier molecular flexibility index (Phi) is 9.81. The van der Waals surface area contributed by atoms with Crippen molar-refractivity contribution >= 4 is 23.6 Å². The molecule has 1 rings (SSSR count). The fourth-order valence-corrected chi connectivity index (χ4v) is 3.59. The van der Waals surface area contributed by atoms with Crippen molar-refractivity contribution in [3.63, 3.8) is 0 Å². The molecule has 0 aromatic heterocycles. The van der Waals surface area contributed by atoms with Crippen LogP contribution < -0.4 is 5.32 Å². The lowest BCUT2D eigenvalue weighted by Crippen LogP contribution is -2.41. The van der Waals surface area contributed by atoms with Crippen molar-refractivity contribution in [1.82, 2.24) is 15.1 Å². The Morgan fingerprint density at radius 1 is 1.30 bits per heavy atom. The number of nitrogens with zero attached hydrogens (tertiary/aromatic N) is 2. The molecule has 0 aliphatic carbocycles. The van der Waals surface area contributed by atoms with Crippen LogP contribution in [0.4, 0.5) is 0 Å². The lowest BCUT2D eigenvalue weighted by molar-refractivity contribution is -0.130. The summed E-state index contributed by atoms with van der Waals surface area (Å²) in [6, 6.07) is 0. The zero-order valence-electron chi connectivity index (χ0n) is 14.3. The van der Waals surface area contributed by atoms with E-state index in [0.717, 1.165) is 44.6 Å². The molecule has 0 spiro atoms. The third-order valence-corrected chi connectivity index (χ3v) is 5.09. The molecule has 0 unspecified atom stereocenters. The summed E-state index contributed by atoms with van der Waals surface area (Å²) >= 11 is 1.74. The fraction of sp³-hybridized carbons (Fsp3) is 0.765. The predicted molar refractivity (Wildman–Crippen MR) is 96.3 cm³/mol. The molecule has 0 bridgehead atoms. The number of hydrogen-bond acceptors (Lipinski definition) is 4. The van der Waals surface area contributed by atoms with Gasteiger partial charge in [-0.25, -0.2) is 0 Å². The highest BCUT2D eigenvalue weighted by atomic mass is 32.2. The SMILES string of the molecule is C#CCNC(=O)CN1CCCN(C(=O)[C@@H](C)SCCCC)CC1. The van der Waals surface area contributed by atoms with Crippen molar-refractivity contribution in [1.29, 1.82) is 0 Å². The summed E-state index contributed by atoms with van der Waals surface area (Å²) < 4.78 is 0. The highest BCUT2D eigenvalue weighted by Crippen LogP contribution is 2.16. The van der Waals surface area contributed by atoms with E-state index in [4.69, 9.17) is 6.42 Å². The smallest absolute Gasteiger partial charge is 0.235 e. The van der Waals surface area contributed by atoms with Crippen molar-refractivity contribution in [2.75, 3.05) is 45.0 Å². The van der Waals surface area contributed by atoms with Crippen LogP contribution in [-0.4, -0.2) is 71.9 Å². The predicted octanol–water partition coefficient (Wildman–Crippen LogP) is 1.19. The van der Waals surface area contributed by atoms with Gasteiger partial charge in [0.2, 0.25) is 11.8 Å². The van der Waals surface area contributed by atoms with E-state index >= 15 is 0 Å². The lowest BCUT2D eigenvalue weighted by atomic mass is 10.3. The Labute approximate surface area is 144 Å². The number of hydrogen-bond donors (Lipinski definition) is 1. The molecule has 5 nitrogen and oxygen atoms in total. The second-order valence-electron chi connectivity index (χ2n) is 5.80. The first-order valence-electron chi connectivity index (χ1n) is 8.41. The number of rotatable bonds is 8. The first-order valence-corrected chi connectivity index (χ1v) is 9.46. The van der Waals surface area contributed by atoms with Gasteiger partial charge in [0.05, 0.1) is 18.3 Å². The van der Waals surface area contributed by atoms with Gasteiger partial charge in [0.15, 0.2) is 0 Å². The quantitative estimate of drug-likeness (QED) is 0.533. The van der Waals surface area contributed by atoms with Crippen molar-refractivity contribution in [2.45, 2.75) is 38.4 Å². The summed E-state index contributed by atoms with van der Waals surface area (Å²) in [6.45, 7) is 7.83. The first-order chi connectivity index (χ1) is 11.1. The molecule has 1 aliphatic rings. The minimum Gasteiger partial charge on any atom is -0.344 e. The van der Waals surface area contributed by atoms with Gasteiger partial charge < -0.3 is 10.2 Å². The summed E-state index contributed by atoms with van der Waals surface area (Å²) in [4.78, 5) is 28.3. The topological polar surface area (TPSA) is 52.7 Å². The maximum absolute atomic E-state index is 12.5. The van der Waals surface area contributed by atoms with Crippen LogP contribution in [0.15, 0.2) is 0 Å². The van der Waals surface area contributed by atoms with Crippen LogP contribution in [0.25, 0.3) is 0 Å². The standard InChI is InChI=1S/C17H29N3O2S/c1-4-6-13-23-15(3)17(22)20-10-7-9-19(11-12-20)14-16(21)18-8-5-2/h2,15H,4,6-14H2,1,3H3,(H,18,21)/t15-/m1/s1. The molecule has 0 aromatic rings. The number of unbranched alkanes of at least 4 members (excludes halogenated alkanes) is 1. The molecule has 0 saturated carbocycles. The Balaban J connectivity index is 2.37. The molecular formula is C17H29N3O2S. The first kappa shape index (κ1) is 19.9. The third-order valence-electron chi connectivity index (χ3n) is 3.87. The number of terminal acetylenes is 1. The zero-order valence-corrected chi connectivity index (χ0v) is 15.2. The minimum absolute atomic E-state index is 0.0204. The molecule has 1 fully saturated rings. The second kappa shape index (κ2) is 11.4. The molecule has 1 aliphatic heterocycles. The van der Waals surface area contributed by atoms with Gasteiger partial charge in [-0.1, -0.05) is 19.3 Å². The maximum atomic E-state index is 12.5. The molecule has 23 heavy (non-hydrogen) atoms. The molecule has 1 saturated heterocycles. The monoisotopic (exact) mass is 339 g/mol. The van der Waals surface area contributed by atoms with Crippen molar-refractivity contribution < 1.29 is 9.59 Å². The van der Waals surface area contributed by atoms with E-state index in [1.165, 1.54) is 0 Å². The number of carbonyl (C=O) groups is 2. The Morgan fingerprint density at radius 2 is 2.09 bits per heavy atom. The molecule has 2 amide bonds. The lowest BCUT2D eigenvalue weighted by Gasteiger charge is -2.24. The molecule has 1 heterocycles. The molecule has 1 atom stereocenters. The molecule has 1 N–H and O–H groups in total. The average Bonchev–Trinajstić information content (AvgIpc) is 2.78. The van der Waals surface area contributed by atoms with Crippen LogP contribution in [-0.2, 0) is 9.59 Å². The third kappa shape index (κ3) is 7.76. The van der Waals surface area contributed by atoms with Crippen molar-refractivity contribution in [3.8, 4) is 12.3 Å². The van der Waals surface area contributed by atoms with Crippen molar-refractivity contribution in [2.24, 2.45) is 0 Å². The van der Waals surface area contributed by atoms with Crippen LogP contribution in [0.5, 0.6) is 0 Å². The van der Waals surface area contributed by atoms with Crippen molar-refractivity contribution in [3.05, 3.63) is 0 Å². The van der Waals surface area contributed by atoms with Gasteiger partial charge in [-0.05, 0) is 25.5 Å². The molecule has 0 radical (unpaired) electrons. The summed E-state index contributed by atoms with van der Waals surface area (Å²) in [6.07, 6.45) is 8.35. The molecule has 6 heteroatoms. The number of thioether (sulfide) groups is 1. The van der Waals surface area contributed by atoms with E-state index in [9.17, 15) is 9.59 Å². The fourth-order valence-electron chi connectivity index (χ4n) is 2.49. The zero-order chi connectivity index (χ0) is 17.1. The highest BCUT2D eigenvalue weighted by molar-refractivity contribution is 8.00. The van der Waals surface area contributed by atoms with Gasteiger partial charge >= 0.3 is 0 Å². The highest BCUT2D eigenvalue weighted by Gasteiger charge is 2.24. The van der Waals surface area contributed by atoms with Gasteiger partial charge in [0.25, 0.3) is 0 Å². The second-order valence-corrected chi connectivity index (χ2v) is 7.25. The summed E-state index contributed by atoms with van der Waals surface area (Å²) in [5.74, 6) is 3.62. The minimum atomic E-state index is -0.0498. The van der Waals surface area contributed by atoms with Crippen LogP contribution in [0.2, 0.25) is 0 Å². The molecule has 0 aromatic carbocycles. The van der Waals surface area contributed by atoms with Crippen LogP contribution >= 0.6 is 11.8 Å². The summed E-state index contributed by atoms with van der Waals surface area (Å²) in [5, 5.41) is 2.70. The number of amides is 2. The van der Waals surface area contributed by atoms with Gasteiger partial charge in [0, 0.05) is 26.2 Å².